The Morgan fingerprint density at radius 1 is 1.23 bits per heavy atom. The minimum atomic E-state index is -0.660. The second-order valence-electron chi connectivity index (χ2n) is 9.68. The van der Waals surface area contributed by atoms with E-state index in [1.807, 2.05) is 12.1 Å². The van der Waals surface area contributed by atoms with Crippen molar-refractivity contribution in [2.24, 2.45) is 11.8 Å². The first-order chi connectivity index (χ1) is 14.9. The van der Waals surface area contributed by atoms with Crippen LogP contribution in [0.1, 0.15) is 82.8 Å². The van der Waals surface area contributed by atoms with Crippen LogP contribution in [0.3, 0.4) is 0 Å². The number of ether oxygens (including phenoxy) is 1. The summed E-state index contributed by atoms with van der Waals surface area (Å²) < 4.78 is 5.93. The smallest absolute Gasteiger partial charge is 0.306 e. The van der Waals surface area contributed by atoms with Gasteiger partial charge in [-0.05, 0) is 61.4 Å². The minimum Gasteiger partial charge on any atom is -0.508 e. The van der Waals surface area contributed by atoms with Gasteiger partial charge in [0, 0.05) is 25.0 Å². The molecule has 1 aromatic rings. The summed E-state index contributed by atoms with van der Waals surface area (Å²) in [7, 11) is 1.77. The number of carbonyl (C=O) groups is 1. The SMILES string of the molecule is CCC1(CC)c2cc(O)ccc2C[C@H](OC)[C@@H]1NCC[C@@H](CC1CCCCC1)C(=O)O. The highest BCUT2D eigenvalue weighted by Crippen LogP contribution is 2.44. The molecule has 0 heterocycles. The Morgan fingerprint density at radius 2 is 1.94 bits per heavy atom. The van der Waals surface area contributed by atoms with Gasteiger partial charge < -0.3 is 20.3 Å². The lowest BCUT2D eigenvalue weighted by molar-refractivity contribution is -0.142. The molecule has 1 saturated carbocycles. The first kappa shape index (κ1) is 24.1. The summed E-state index contributed by atoms with van der Waals surface area (Å²) in [6, 6.07) is 5.80. The monoisotopic (exact) mass is 431 g/mol. The van der Waals surface area contributed by atoms with Gasteiger partial charge in [-0.3, -0.25) is 4.79 Å². The molecule has 0 saturated heterocycles. The van der Waals surface area contributed by atoms with E-state index in [1.165, 1.54) is 43.2 Å². The predicted molar refractivity (Wildman–Crippen MR) is 124 cm³/mol. The van der Waals surface area contributed by atoms with Crippen LogP contribution in [0.15, 0.2) is 18.2 Å². The number of phenols is 1. The van der Waals surface area contributed by atoms with E-state index in [-0.39, 0.29) is 23.5 Å². The van der Waals surface area contributed by atoms with E-state index < -0.39 is 5.97 Å². The summed E-state index contributed by atoms with van der Waals surface area (Å²) in [5.74, 6) is -0.0736. The second-order valence-corrected chi connectivity index (χ2v) is 9.68. The van der Waals surface area contributed by atoms with Crippen molar-refractivity contribution in [3.05, 3.63) is 29.3 Å². The topological polar surface area (TPSA) is 78.8 Å². The lowest BCUT2D eigenvalue weighted by Gasteiger charge is -2.49. The van der Waals surface area contributed by atoms with Crippen LogP contribution in [0, 0.1) is 11.8 Å². The molecule has 0 spiro atoms. The summed E-state index contributed by atoms with van der Waals surface area (Å²) >= 11 is 0. The lowest BCUT2D eigenvalue weighted by Crippen LogP contribution is -2.59. The molecule has 0 radical (unpaired) electrons. The van der Waals surface area contributed by atoms with Gasteiger partial charge in [-0.2, -0.15) is 0 Å². The van der Waals surface area contributed by atoms with Crippen LogP contribution in [-0.2, 0) is 21.4 Å². The molecule has 0 unspecified atom stereocenters. The highest BCUT2D eigenvalue weighted by atomic mass is 16.5. The van der Waals surface area contributed by atoms with E-state index in [0.29, 0.717) is 24.6 Å². The Hall–Kier alpha value is -1.59. The number of carboxylic acid groups (broad SMARTS) is 1. The van der Waals surface area contributed by atoms with Gasteiger partial charge in [0.15, 0.2) is 0 Å². The maximum atomic E-state index is 11.9. The van der Waals surface area contributed by atoms with Gasteiger partial charge in [0.2, 0.25) is 0 Å². The number of carboxylic acids is 1. The molecule has 2 aliphatic carbocycles. The van der Waals surface area contributed by atoms with Gasteiger partial charge in [0.1, 0.15) is 5.75 Å². The quantitative estimate of drug-likeness (QED) is 0.484. The van der Waals surface area contributed by atoms with Crippen LogP contribution in [0.4, 0.5) is 0 Å². The summed E-state index contributed by atoms with van der Waals surface area (Å²) in [6.07, 6.45) is 10.3. The summed E-state index contributed by atoms with van der Waals surface area (Å²) in [6.45, 7) is 5.07. The molecule has 3 N–H and O–H groups in total. The molecule has 2 aliphatic rings. The number of hydrogen-bond donors (Lipinski definition) is 3. The molecule has 3 atom stereocenters. The van der Waals surface area contributed by atoms with Crippen molar-refractivity contribution in [3.63, 3.8) is 0 Å². The Labute approximate surface area is 187 Å². The fourth-order valence-electron chi connectivity index (χ4n) is 6.26. The second kappa shape index (κ2) is 10.8. The number of aromatic hydroxyl groups is 1. The Kier molecular flexibility index (Phi) is 8.40. The third-order valence-corrected chi connectivity index (χ3v) is 8.13. The highest BCUT2D eigenvalue weighted by molar-refractivity contribution is 5.69. The van der Waals surface area contributed by atoms with Crippen LogP contribution >= 0.6 is 0 Å². The Bertz CT molecular complexity index is 724. The number of nitrogens with one attached hydrogen (secondary N) is 1. The minimum absolute atomic E-state index is 0.0264. The van der Waals surface area contributed by atoms with Gasteiger partial charge in [-0.1, -0.05) is 52.0 Å². The summed E-state index contributed by atoms with van der Waals surface area (Å²) in [5, 5.41) is 23.7. The highest BCUT2D eigenvalue weighted by Gasteiger charge is 2.46. The average molecular weight is 432 g/mol. The maximum absolute atomic E-state index is 11.9. The van der Waals surface area contributed by atoms with E-state index in [9.17, 15) is 15.0 Å². The van der Waals surface area contributed by atoms with Gasteiger partial charge in [-0.25, -0.2) is 0 Å². The fraction of sp³-hybridized carbons (Fsp3) is 0.731. The van der Waals surface area contributed by atoms with Crippen molar-refractivity contribution >= 4 is 5.97 Å². The van der Waals surface area contributed by atoms with E-state index in [4.69, 9.17) is 4.74 Å². The number of phenolic OH excluding ortho intramolecular Hbond substituents is 1. The standard InChI is InChI=1S/C26H41NO4/c1-4-26(5-2)22-17-21(28)12-11-19(22)16-23(31-3)24(26)27-14-13-20(25(29)30)15-18-9-7-6-8-10-18/h11-12,17-18,20,23-24,27-28H,4-10,13-16H2,1-3H3,(H,29,30)/t20-,23-,24-/m0/s1. The van der Waals surface area contributed by atoms with E-state index in [1.54, 1.807) is 13.2 Å². The van der Waals surface area contributed by atoms with E-state index in [0.717, 1.165) is 25.7 Å². The number of rotatable bonds is 10. The average Bonchev–Trinajstić information content (AvgIpc) is 2.78. The van der Waals surface area contributed by atoms with Gasteiger partial charge in [0.05, 0.1) is 12.0 Å². The van der Waals surface area contributed by atoms with Crippen molar-refractivity contribution in [1.29, 1.82) is 0 Å². The van der Waals surface area contributed by atoms with Crippen LogP contribution in [-0.4, -0.2) is 42.0 Å². The van der Waals surface area contributed by atoms with Crippen LogP contribution in [0.2, 0.25) is 0 Å². The maximum Gasteiger partial charge on any atom is 0.306 e. The van der Waals surface area contributed by atoms with Crippen LogP contribution < -0.4 is 5.32 Å². The molecule has 0 aliphatic heterocycles. The Balaban J connectivity index is 1.73. The van der Waals surface area contributed by atoms with Crippen molar-refractivity contribution in [2.45, 2.75) is 95.6 Å². The molecule has 0 amide bonds. The number of aliphatic carboxylic acids is 1. The molecule has 1 aromatic carbocycles. The van der Waals surface area contributed by atoms with Crippen molar-refractivity contribution in [3.8, 4) is 5.75 Å². The van der Waals surface area contributed by atoms with Gasteiger partial charge in [-0.15, -0.1) is 0 Å². The van der Waals surface area contributed by atoms with Crippen LogP contribution in [0.5, 0.6) is 5.75 Å². The van der Waals surface area contributed by atoms with Crippen molar-refractivity contribution in [2.75, 3.05) is 13.7 Å². The van der Waals surface area contributed by atoms with Gasteiger partial charge in [0.25, 0.3) is 0 Å². The molecule has 5 heteroatoms. The molecular weight excluding hydrogens is 390 g/mol. The summed E-state index contributed by atoms with van der Waals surface area (Å²) in [4.78, 5) is 11.9. The van der Waals surface area contributed by atoms with Crippen LogP contribution in [0.25, 0.3) is 0 Å². The Morgan fingerprint density at radius 3 is 2.55 bits per heavy atom. The molecule has 5 nitrogen and oxygen atoms in total. The summed E-state index contributed by atoms with van der Waals surface area (Å²) in [5.41, 5.74) is 2.31. The third kappa shape index (κ3) is 5.25. The van der Waals surface area contributed by atoms with Crippen molar-refractivity contribution < 1.29 is 19.7 Å². The van der Waals surface area contributed by atoms with Gasteiger partial charge >= 0.3 is 5.97 Å². The lowest BCUT2D eigenvalue weighted by atomic mass is 9.62. The van der Waals surface area contributed by atoms with Crippen molar-refractivity contribution in [1.82, 2.24) is 5.32 Å². The molecule has 31 heavy (non-hydrogen) atoms. The first-order valence-corrected chi connectivity index (χ1v) is 12.3. The largest absolute Gasteiger partial charge is 0.508 e. The first-order valence-electron chi connectivity index (χ1n) is 12.3. The molecule has 0 bridgehead atoms. The number of benzene rings is 1. The normalized spacial score (nSPS) is 24.5. The predicted octanol–water partition coefficient (Wildman–Crippen LogP) is 5.04. The number of fused-ring (bicyclic) bond motifs is 1. The van der Waals surface area contributed by atoms with E-state index >= 15 is 0 Å². The molecule has 3 rings (SSSR count). The number of hydrogen-bond acceptors (Lipinski definition) is 4. The molecule has 174 valence electrons. The molecule has 1 fully saturated rings. The molecule has 0 aromatic heterocycles. The van der Waals surface area contributed by atoms with E-state index in [2.05, 4.69) is 19.2 Å². The third-order valence-electron chi connectivity index (χ3n) is 8.13. The molecular formula is C26H41NO4. The fourth-order valence-corrected chi connectivity index (χ4v) is 6.26. The zero-order valence-electron chi connectivity index (χ0n) is 19.5. The zero-order valence-corrected chi connectivity index (χ0v) is 19.5. The number of methoxy groups -OCH3 is 1. The zero-order chi connectivity index (χ0) is 22.4.